The highest BCUT2D eigenvalue weighted by Crippen LogP contribution is 2.14. The van der Waals surface area contributed by atoms with Crippen molar-refractivity contribution in [1.29, 1.82) is 0 Å². The molecule has 2 heteroatoms. The van der Waals surface area contributed by atoms with Crippen LogP contribution in [0.4, 0.5) is 0 Å². The normalized spacial score (nSPS) is 10.8. The molecule has 0 unspecified atom stereocenters. The summed E-state index contributed by atoms with van der Waals surface area (Å²) >= 11 is 5.65. The smallest absolute Gasteiger partial charge is 0.0456 e. The lowest BCUT2D eigenvalue weighted by molar-refractivity contribution is 1.15. The molecule has 12 heavy (non-hydrogen) atoms. The van der Waals surface area contributed by atoms with Gasteiger partial charge in [0.25, 0.3) is 0 Å². The molecule has 0 amide bonds. The highest BCUT2D eigenvalue weighted by molar-refractivity contribution is 6.18. The van der Waals surface area contributed by atoms with Crippen molar-refractivity contribution in [2.45, 2.75) is 6.42 Å². The summed E-state index contributed by atoms with van der Waals surface area (Å²) in [5.41, 5.74) is 2.48. The van der Waals surface area contributed by atoms with Crippen LogP contribution < -0.4 is 0 Å². The van der Waals surface area contributed by atoms with Crippen LogP contribution in [0.25, 0.3) is 10.9 Å². The minimum atomic E-state index is 0.687. The zero-order valence-electron chi connectivity index (χ0n) is 6.68. The van der Waals surface area contributed by atoms with Gasteiger partial charge in [-0.05, 0) is 29.5 Å². The molecule has 0 saturated carbocycles. The third-order valence-corrected chi connectivity index (χ3v) is 2.19. The number of H-pyrrole nitrogens is 1. The molecule has 0 radical (unpaired) electrons. The van der Waals surface area contributed by atoms with Gasteiger partial charge in [0, 0.05) is 17.6 Å². The van der Waals surface area contributed by atoms with Crippen molar-refractivity contribution >= 4 is 22.5 Å². The van der Waals surface area contributed by atoms with Crippen molar-refractivity contribution in [2.24, 2.45) is 0 Å². The molecule has 1 heterocycles. The van der Waals surface area contributed by atoms with Gasteiger partial charge in [-0.1, -0.05) is 12.1 Å². The number of alkyl halides is 1. The SMILES string of the molecule is ClCCc1ccc2cc[nH]c2c1. The van der Waals surface area contributed by atoms with E-state index in [1.807, 2.05) is 6.20 Å². The van der Waals surface area contributed by atoms with Gasteiger partial charge in [-0.3, -0.25) is 0 Å². The molecule has 0 fully saturated rings. The van der Waals surface area contributed by atoms with Crippen molar-refractivity contribution in [3.8, 4) is 0 Å². The van der Waals surface area contributed by atoms with E-state index in [0.29, 0.717) is 5.88 Å². The molecule has 0 bridgehead atoms. The molecule has 62 valence electrons. The second-order valence-electron chi connectivity index (χ2n) is 2.84. The van der Waals surface area contributed by atoms with Crippen LogP contribution in [0.2, 0.25) is 0 Å². The number of hydrogen-bond acceptors (Lipinski definition) is 0. The Kier molecular flexibility index (Phi) is 2.05. The van der Waals surface area contributed by atoms with Crippen molar-refractivity contribution in [2.75, 3.05) is 5.88 Å². The van der Waals surface area contributed by atoms with Crippen molar-refractivity contribution in [3.63, 3.8) is 0 Å². The molecule has 0 spiro atoms. The van der Waals surface area contributed by atoms with Crippen LogP contribution in [-0.4, -0.2) is 10.9 Å². The van der Waals surface area contributed by atoms with Crippen molar-refractivity contribution in [3.05, 3.63) is 36.0 Å². The van der Waals surface area contributed by atoms with E-state index < -0.39 is 0 Å². The van der Waals surface area contributed by atoms with Crippen LogP contribution in [0.1, 0.15) is 5.56 Å². The number of benzene rings is 1. The lowest BCUT2D eigenvalue weighted by Crippen LogP contribution is -1.84. The molecule has 0 atom stereocenters. The van der Waals surface area contributed by atoms with Crippen LogP contribution in [0.3, 0.4) is 0 Å². The molecule has 2 rings (SSSR count). The Morgan fingerprint density at radius 1 is 1.25 bits per heavy atom. The van der Waals surface area contributed by atoms with E-state index in [-0.39, 0.29) is 0 Å². The first-order valence-corrected chi connectivity index (χ1v) is 4.55. The summed E-state index contributed by atoms with van der Waals surface area (Å²) in [6.45, 7) is 0. The number of aromatic amines is 1. The van der Waals surface area contributed by atoms with Crippen molar-refractivity contribution < 1.29 is 0 Å². The summed E-state index contributed by atoms with van der Waals surface area (Å²) in [7, 11) is 0. The summed E-state index contributed by atoms with van der Waals surface area (Å²) in [4.78, 5) is 3.18. The topological polar surface area (TPSA) is 15.8 Å². The monoisotopic (exact) mass is 179 g/mol. The van der Waals surface area contributed by atoms with E-state index in [1.165, 1.54) is 16.5 Å². The maximum Gasteiger partial charge on any atom is 0.0456 e. The third kappa shape index (κ3) is 1.32. The van der Waals surface area contributed by atoms with Crippen LogP contribution in [-0.2, 0) is 6.42 Å². The number of nitrogens with one attached hydrogen (secondary N) is 1. The van der Waals surface area contributed by atoms with Gasteiger partial charge < -0.3 is 4.98 Å². The number of aryl methyl sites for hydroxylation is 1. The molecule has 0 saturated heterocycles. The first-order chi connectivity index (χ1) is 5.90. The lowest BCUT2D eigenvalue weighted by Gasteiger charge is -1.96. The zero-order valence-corrected chi connectivity index (χ0v) is 7.43. The van der Waals surface area contributed by atoms with E-state index in [9.17, 15) is 0 Å². The zero-order chi connectivity index (χ0) is 8.39. The lowest BCUT2D eigenvalue weighted by atomic mass is 10.1. The minimum Gasteiger partial charge on any atom is -0.361 e. The number of fused-ring (bicyclic) bond motifs is 1. The summed E-state index contributed by atoms with van der Waals surface area (Å²) < 4.78 is 0. The second kappa shape index (κ2) is 3.20. The van der Waals surface area contributed by atoms with Gasteiger partial charge in [0.2, 0.25) is 0 Å². The Morgan fingerprint density at radius 3 is 3.00 bits per heavy atom. The largest absolute Gasteiger partial charge is 0.361 e. The average molecular weight is 180 g/mol. The molecule has 1 N–H and O–H groups in total. The molecule has 1 nitrogen and oxygen atoms in total. The standard InChI is InChI=1S/C10H10ClN/c11-5-3-8-1-2-9-4-6-12-10(9)7-8/h1-2,4,6-7,12H,3,5H2. The minimum absolute atomic E-state index is 0.687. The fraction of sp³-hybridized carbons (Fsp3) is 0.200. The molecular formula is C10H10ClN. The summed E-state index contributed by atoms with van der Waals surface area (Å²) in [5, 5.41) is 1.26. The van der Waals surface area contributed by atoms with Gasteiger partial charge in [-0.2, -0.15) is 0 Å². The number of halogens is 1. The Labute approximate surface area is 76.4 Å². The Morgan fingerprint density at radius 2 is 2.17 bits per heavy atom. The highest BCUT2D eigenvalue weighted by atomic mass is 35.5. The molecule has 0 aliphatic carbocycles. The third-order valence-electron chi connectivity index (χ3n) is 2.00. The van der Waals surface area contributed by atoms with E-state index in [1.54, 1.807) is 0 Å². The first-order valence-electron chi connectivity index (χ1n) is 4.02. The van der Waals surface area contributed by atoms with Gasteiger partial charge in [0.15, 0.2) is 0 Å². The molecule has 0 aliphatic rings. The van der Waals surface area contributed by atoms with Crippen molar-refractivity contribution in [1.82, 2.24) is 4.98 Å². The number of rotatable bonds is 2. The molecule has 0 aliphatic heterocycles. The van der Waals surface area contributed by atoms with E-state index >= 15 is 0 Å². The van der Waals surface area contributed by atoms with Gasteiger partial charge in [0.05, 0.1) is 0 Å². The number of hydrogen-bond donors (Lipinski definition) is 1. The van der Waals surface area contributed by atoms with Crippen LogP contribution in [0.15, 0.2) is 30.5 Å². The molecule has 1 aromatic heterocycles. The van der Waals surface area contributed by atoms with Crippen LogP contribution in [0, 0.1) is 0 Å². The fourth-order valence-corrected chi connectivity index (χ4v) is 1.58. The predicted octanol–water partition coefficient (Wildman–Crippen LogP) is 2.95. The quantitative estimate of drug-likeness (QED) is 0.683. The van der Waals surface area contributed by atoms with E-state index in [4.69, 9.17) is 11.6 Å². The van der Waals surface area contributed by atoms with Gasteiger partial charge in [0.1, 0.15) is 0 Å². The van der Waals surface area contributed by atoms with Gasteiger partial charge >= 0.3 is 0 Å². The summed E-state index contributed by atoms with van der Waals surface area (Å²) in [5.74, 6) is 0.687. The summed E-state index contributed by atoms with van der Waals surface area (Å²) in [6, 6.07) is 8.46. The second-order valence-corrected chi connectivity index (χ2v) is 3.22. The maximum absolute atomic E-state index is 5.65. The van der Waals surface area contributed by atoms with Crippen LogP contribution >= 0.6 is 11.6 Å². The molecule has 1 aromatic carbocycles. The molecule has 2 aromatic rings. The summed E-state index contributed by atoms with van der Waals surface area (Å²) in [6.07, 6.45) is 2.89. The molecular weight excluding hydrogens is 170 g/mol. The Hall–Kier alpha value is -0.950. The Bertz CT molecular complexity index is 378. The van der Waals surface area contributed by atoms with Gasteiger partial charge in [-0.15, -0.1) is 11.6 Å². The Balaban J connectivity index is 2.46. The maximum atomic E-state index is 5.65. The first kappa shape index (κ1) is 7.69. The van der Waals surface area contributed by atoms with E-state index in [2.05, 4.69) is 29.2 Å². The number of aromatic nitrogens is 1. The predicted molar refractivity (Wildman–Crippen MR) is 52.7 cm³/mol. The van der Waals surface area contributed by atoms with Crippen LogP contribution in [0.5, 0.6) is 0 Å². The average Bonchev–Trinajstić information content (AvgIpc) is 2.51. The van der Waals surface area contributed by atoms with Gasteiger partial charge in [-0.25, -0.2) is 0 Å². The highest BCUT2D eigenvalue weighted by Gasteiger charge is 1.95. The fourth-order valence-electron chi connectivity index (χ4n) is 1.36. The van der Waals surface area contributed by atoms with E-state index in [0.717, 1.165) is 6.42 Å².